The maximum Gasteiger partial charge on any atom is 0.343 e. The lowest BCUT2D eigenvalue weighted by atomic mass is 10.1. The molecule has 0 unspecified atom stereocenters. The van der Waals surface area contributed by atoms with Crippen molar-refractivity contribution in [2.75, 3.05) is 0 Å². The molecule has 0 atom stereocenters. The van der Waals surface area contributed by atoms with Gasteiger partial charge in [-0.15, -0.1) is 0 Å². The van der Waals surface area contributed by atoms with Gasteiger partial charge in [-0.2, -0.15) is 4.57 Å². The molecule has 0 fully saturated rings. The fourth-order valence-corrected chi connectivity index (χ4v) is 1.74. The topological polar surface area (TPSA) is 98.7 Å². The van der Waals surface area contributed by atoms with Gasteiger partial charge in [0, 0.05) is 18.2 Å². The molecular weight excluding hydrogens is 250 g/mol. The summed E-state index contributed by atoms with van der Waals surface area (Å²) in [6.45, 7) is 0. The average Bonchev–Trinajstić information content (AvgIpc) is 2.38. The highest BCUT2D eigenvalue weighted by molar-refractivity contribution is 6.03. The third-order valence-corrected chi connectivity index (χ3v) is 2.58. The van der Waals surface area contributed by atoms with Gasteiger partial charge in [-0.1, -0.05) is 6.07 Å². The number of pyridine rings is 1. The standard InChI is InChI=1S/C13H9NO5/c15-8-4-6-14(7-5-8)10-3-1-2-9(12(16)17)11(10)13(18)19/h1-7H,(H2,16,17,18,19)/p+1. The Balaban J connectivity index is 2.69. The second-order valence-electron chi connectivity index (χ2n) is 3.77. The van der Waals surface area contributed by atoms with E-state index >= 15 is 0 Å². The smallest absolute Gasteiger partial charge is 0.343 e. The minimum Gasteiger partial charge on any atom is -0.507 e. The first-order valence-electron chi connectivity index (χ1n) is 5.31. The number of aromatic hydroxyl groups is 1. The van der Waals surface area contributed by atoms with E-state index < -0.39 is 11.9 Å². The number of hydrogen-bond acceptors (Lipinski definition) is 3. The van der Waals surface area contributed by atoms with Gasteiger partial charge in [0.15, 0.2) is 12.4 Å². The van der Waals surface area contributed by atoms with Crippen molar-refractivity contribution in [2.45, 2.75) is 0 Å². The van der Waals surface area contributed by atoms with Gasteiger partial charge in [0.1, 0.15) is 11.3 Å². The minimum atomic E-state index is -1.33. The second-order valence-corrected chi connectivity index (χ2v) is 3.77. The van der Waals surface area contributed by atoms with Crippen LogP contribution in [-0.2, 0) is 0 Å². The largest absolute Gasteiger partial charge is 0.507 e. The molecule has 1 heterocycles. The summed E-state index contributed by atoms with van der Waals surface area (Å²) in [4.78, 5) is 22.3. The summed E-state index contributed by atoms with van der Waals surface area (Å²) in [5.74, 6) is -2.60. The zero-order chi connectivity index (χ0) is 14.0. The summed E-state index contributed by atoms with van der Waals surface area (Å²) in [6, 6.07) is 6.94. The Morgan fingerprint density at radius 3 is 2.11 bits per heavy atom. The van der Waals surface area contributed by atoms with Crippen LogP contribution >= 0.6 is 0 Å². The van der Waals surface area contributed by atoms with Crippen LogP contribution in [0.4, 0.5) is 0 Å². The van der Waals surface area contributed by atoms with Crippen LogP contribution in [0.5, 0.6) is 5.75 Å². The Morgan fingerprint density at radius 2 is 1.58 bits per heavy atom. The zero-order valence-electron chi connectivity index (χ0n) is 9.65. The molecule has 1 aromatic carbocycles. The predicted octanol–water partition coefficient (Wildman–Crippen LogP) is 1.07. The normalized spacial score (nSPS) is 10.1. The van der Waals surface area contributed by atoms with E-state index in [9.17, 15) is 19.8 Å². The number of aromatic carboxylic acids is 2. The van der Waals surface area contributed by atoms with Gasteiger partial charge in [0.25, 0.3) is 0 Å². The Bertz CT molecular complexity index is 649. The van der Waals surface area contributed by atoms with Crippen molar-refractivity contribution >= 4 is 11.9 Å². The molecule has 0 bridgehead atoms. The quantitative estimate of drug-likeness (QED) is 0.717. The van der Waals surface area contributed by atoms with Gasteiger partial charge >= 0.3 is 11.9 Å². The van der Waals surface area contributed by atoms with Crippen molar-refractivity contribution in [3.63, 3.8) is 0 Å². The summed E-state index contributed by atoms with van der Waals surface area (Å²) in [5, 5.41) is 27.4. The molecular formula is C13H10NO5+. The molecule has 2 aromatic rings. The van der Waals surface area contributed by atoms with Crippen LogP contribution in [-0.4, -0.2) is 27.3 Å². The van der Waals surface area contributed by atoms with Crippen LogP contribution < -0.4 is 4.57 Å². The highest BCUT2D eigenvalue weighted by Gasteiger charge is 2.25. The molecule has 0 saturated heterocycles. The van der Waals surface area contributed by atoms with Crippen LogP contribution in [0.2, 0.25) is 0 Å². The predicted molar refractivity (Wildman–Crippen MR) is 63.6 cm³/mol. The molecule has 1 aromatic heterocycles. The first kappa shape index (κ1) is 12.6. The van der Waals surface area contributed by atoms with Gasteiger partial charge < -0.3 is 15.3 Å². The van der Waals surface area contributed by atoms with Crippen molar-refractivity contribution in [1.29, 1.82) is 0 Å². The number of rotatable bonds is 3. The Kier molecular flexibility index (Phi) is 3.15. The molecule has 6 heteroatoms. The van der Waals surface area contributed by atoms with Crippen molar-refractivity contribution in [3.8, 4) is 11.4 Å². The monoisotopic (exact) mass is 260 g/mol. The molecule has 0 radical (unpaired) electrons. The van der Waals surface area contributed by atoms with E-state index in [1.54, 1.807) is 0 Å². The number of benzene rings is 1. The number of carboxylic acid groups (broad SMARTS) is 2. The molecule has 19 heavy (non-hydrogen) atoms. The Morgan fingerprint density at radius 1 is 0.947 bits per heavy atom. The highest BCUT2D eigenvalue weighted by Crippen LogP contribution is 2.16. The molecule has 3 N–H and O–H groups in total. The van der Waals surface area contributed by atoms with Gasteiger partial charge in [0.2, 0.25) is 5.69 Å². The molecule has 6 nitrogen and oxygen atoms in total. The summed E-state index contributed by atoms with van der Waals surface area (Å²) in [6.07, 6.45) is 2.89. The number of carbonyl (C=O) groups is 2. The molecule has 0 aliphatic heterocycles. The Labute approximate surface area is 107 Å². The van der Waals surface area contributed by atoms with Gasteiger partial charge in [-0.05, 0) is 6.07 Å². The van der Waals surface area contributed by atoms with Gasteiger partial charge in [-0.3, -0.25) is 0 Å². The molecule has 0 aliphatic carbocycles. The summed E-state index contributed by atoms with van der Waals surface area (Å²) >= 11 is 0. The maximum absolute atomic E-state index is 11.3. The maximum atomic E-state index is 11.3. The third kappa shape index (κ3) is 2.37. The third-order valence-electron chi connectivity index (χ3n) is 2.58. The molecule has 2 rings (SSSR count). The van der Waals surface area contributed by atoms with E-state index in [-0.39, 0.29) is 22.6 Å². The molecule has 0 spiro atoms. The number of aromatic nitrogens is 1. The minimum absolute atomic E-state index is 0.0301. The highest BCUT2D eigenvalue weighted by atomic mass is 16.4. The van der Waals surface area contributed by atoms with E-state index in [1.807, 2.05) is 0 Å². The first-order chi connectivity index (χ1) is 9.00. The molecule has 0 saturated carbocycles. The van der Waals surface area contributed by atoms with Crippen LogP contribution in [0.25, 0.3) is 5.69 Å². The number of carboxylic acids is 2. The summed E-state index contributed by atoms with van der Waals surface area (Å²) < 4.78 is 1.43. The lowest BCUT2D eigenvalue weighted by Gasteiger charge is -2.04. The fraction of sp³-hybridized carbons (Fsp3) is 0. The fourth-order valence-electron chi connectivity index (χ4n) is 1.74. The van der Waals surface area contributed by atoms with Crippen LogP contribution in [0.1, 0.15) is 20.7 Å². The van der Waals surface area contributed by atoms with E-state index in [0.717, 1.165) is 0 Å². The van der Waals surface area contributed by atoms with Crippen LogP contribution in [0.15, 0.2) is 42.7 Å². The first-order valence-corrected chi connectivity index (χ1v) is 5.31. The van der Waals surface area contributed by atoms with E-state index in [1.165, 1.54) is 47.3 Å². The number of hydrogen-bond donors (Lipinski definition) is 3. The zero-order valence-corrected chi connectivity index (χ0v) is 9.65. The van der Waals surface area contributed by atoms with Crippen molar-refractivity contribution in [2.24, 2.45) is 0 Å². The van der Waals surface area contributed by atoms with Crippen LogP contribution in [0, 0.1) is 0 Å². The summed E-state index contributed by atoms with van der Waals surface area (Å²) in [5.41, 5.74) is -0.372. The second kappa shape index (κ2) is 4.77. The average molecular weight is 260 g/mol. The van der Waals surface area contributed by atoms with E-state index in [0.29, 0.717) is 0 Å². The van der Waals surface area contributed by atoms with Crippen molar-refractivity contribution in [1.82, 2.24) is 0 Å². The van der Waals surface area contributed by atoms with E-state index in [2.05, 4.69) is 0 Å². The summed E-state index contributed by atoms with van der Waals surface area (Å²) in [7, 11) is 0. The molecule has 0 amide bonds. The Hall–Kier alpha value is -2.89. The lowest BCUT2D eigenvalue weighted by Crippen LogP contribution is -2.32. The van der Waals surface area contributed by atoms with Crippen molar-refractivity contribution in [3.05, 3.63) is 53.9 Å². The molecule has 96 valence electrons. The SMILES string of the molecule is O=C(O)c1cccc(-[n+]2ccc(O)cc2)c1C(=O)O. The van der Waals surface area contributed by atoms with E-state index in [4.69, 9.17) is 5.11 Å². The number of nitrogens with zero attached hydrogens (tertiary/aromatic N) is 1. The lowest BCUT2D eigenvalue weighted by molar-refractivity contribution is -0.596. The van der Waals surface area contributed by atoms with Crippen molar-refractivity contribution < 1.29 is 29.5 Å². The van der Waals surface area contributed by atoms with Gasteiger partial charge in [0.05, 0.1) is 5.56 Å². The molecule has 0 aliphatic rings. The van der Waals surface area contributed by atoms with Crippen LogP contribution in [0.3, 0.4) is 0 Å². The van der Waals surface area contributed by atoms with Gasteiger partial charge in [-0.25, -0.2) is 9.59 Å².